The second-order valence-corrected chi connectivity index (χ2v) is 9.44. The van der Waals surface area contributed by atoms with Crippen molar-refractivity contribution in [1.82, 2.24) is 14.9 Å². The highest BCUT2D eigenvalue weighted by Crippen LogP contribution is 2.17. The summed E-state index contributed by atoms with van der Waals surface area (Å²) in [7, 11) is -3.50. The molecule has 0 aromatic heterocycles. The molecule has 3 rings (SSSR count). The minimum Gasteiger partial charge on any atom is -0.351 e. The minimum atomic E-state index is -3.50. The zero-order valence-electron chi connectivity index (χ0n) is 16.8. The average molecular weight is 416 g/mol. The first-order valence-corrected chi connectivity index (χ1v) is 11.5. The zero-order valence-corrected chi connectivity index (χ0v) is 17.6. The van der Waals surface area contributed by atoms with E-state index >= 15 is 0 Å². The van der Waals surface area contributed by atoms with Crippen LogP contribution in [0.25, 0.3) is 0 Å². The molecular weight excluding hydrogens is 386 g/mol. The molecule has 2 aromatic rings. The van der Waals surface area contributed by atoms with E-state index in [0.717, 1.165) is 37.1 Å². The molecule has 1 aliphatic rings. The van der Waals surface area contributed by atoms with E-state index in [0.29, 0.717) is 19.6 Å². The number of amides is 1. The SMILES string of the molecule is Cc1ccc(S(=O)(=O)NCC2CCCN(CC(=O)NCc3ccccc3)C2)cc1. The van der Waals surface area contributed by atoms with Crippen molar-refractivity contribution in [2.75, 3.05) is 26.2 Å². The summed E-state index contributed by atoms with van der Waals surface area (Å²) in [5, 5.41) is 2.95. The van der Waals surface area contributed by atoms with Crippen LogP contribution in [0.15, 0.2) is 59.5 Å². The highest BCUT2D eigenvalue weighted by Gasteiger charge is 2.23. The van der Waals surface area contributed by atoms with Crippen molar-refractivity contribution in [3.63, 3.8) is 0 Å². The number of likely N-dealkylation sites (tertiary alicyclic amines) is 1. The lowest BCUT2D eigenvalue weighted by Gasteiger charge is -2.32. The second kappa shape index (κ2) is 10.0. The predicted molar refractivity (Wildman–Crippen MR) is 114 cm³/mol. The first-order chi connectivity index (χ1) is 13.9. The Kier molecular flexibility index (Phi) is 7.41. The number of sulfonamides is 1. The Bertz CT molecular complexity index is 899. The van der Waals surface area contributed by atoms with Gasteiger partial charge in [0.2, 0.25) is 15.9 Å². The topological polar surface area (TPSA) is 78.5 Å². The number of hydrogen-bond donors (Lipinski definition) is 2. The van der Waals surface area contributed by atoms with Crippen LogP contribution in [0.4, 0.5) is 0 Å². The summed E-state index contributed by atoms with van der Waals surface area (Å²) in [5.41, 5.74) is 2.10. The Balaban J connectivity index is 1.45. The molecule has 156 valence electrons. The Morgan fingerprint density at radius 1 is 1.10 bits per heavy atom. The third kappa shape index (κ3) is 6.66. The van der Waals surface area contributed by atoms with Crippen LogP contribution in [0.2, 0.25) is 0 Å². The van der Waals surface area contributed by atoms with Gasteiger partial charge in [0.05, 0.1) is 11.4 Å². The first-order valence-electron chi connectivity index (χ1n) is 10.0. The van der Waals surface area contributed by atoms with Crippen LogP contribution < -0.4 is 10.0 Å². The van der Waals surface area contributed by atoms with Gasteiger partial charge in [0.1, 0.15) is 0 Å². The maximum absolute atomic E-state index is 12.5. The van der Waals surface area contributed by atoms with Crippen molar-refractivity contribution < 1.29 is 13.2 Å². The van der Waals surface area contributed by atoms with Gasteiger partial charge in [-0.25, -0.2) is 13.1 Å². The van der Waals surface area contributed by atoms with E-state index in [1.807, 2.05) is 37.3 Å². The molecule has 1 saturated heterocycles. The van der Waals surface area contributed by atoms with E-state index in [9.17, 15) is 13.2 Å². The Morgan fingerprint density at radius 3 is 2.55 bits per heavy atom. The van der Waals surface area contributed by atoms with Gasteiger partial charge in [0, 0.05) is 19.6 Å². The van der Waals surface area contributed by atoms with Gasteiger partial charge in [0.25, 0.3) is 0 Å². The van der Waals surface area contributed by atoms with Gasteiger partial charge in [-0.15, -0.1) is 0 Å². The monoisotopic (exact) mass is 415 g/mol. The molecule has 0 radical (unpaired) electrons. The molecule has 0 bridgehead atoms. The maximum Gasteiger partial charge on any atom is 0.240 e. The third-order valence-electron chi connectivity index (χ3n) is 5.20. The summed E-state index contributed by atoms with van der Waals surface area (Å²) >= 11 is 0. The fourth-order valence-corrected chi connectivity index (χ4v) is 4.66. The summed E-state index contributed by atoms with van der Waals surface area (Å²) in [6, 6.07) is 16.7. The standard InChI is InChI=1S/C22H29N3O3S/c1-18-9-11-21(12-10-18)29(27,28)24-15-20-8-5-13-25(16-20)17-22(26)23-14-19-6-3-2-4-7-19/h2-4,6-7,9-12,20,24H,5,8,13-17H2,1H3,(H,23,26). The first kappa shape index (κ1) is 21.5. The van der Waals surface area contributed by atoms with Crippen molar-refractivity contribution in [3.8, 4) is 0 Å². The van der Waals surface area contributed by atoms with E-state index in [4.69, 9.17) is 0 Å². The van der Waals surface area contributed by atoms with Gasteiger partial charge in [0.15, 0.2) is 0 Å². The molecule has 6 nitrogen and oxygen atoms in total. The lowest BCUT2D eigenvalue weighted by atomic mass is 9.98. The van der Waals surface area contributed by atoms with Gasteiger partial charge in [-0.2, -0.15) is 0 Å². The summed E-state index contributed by atoms with van der Waals surface area (Å²) in [6.07, 6.45) is 1.92. The summed E-state index contributed by atoms with van der Waals surface area (Å²) in [6.45, 7) is 4.76. The van der Waals surface area contributed by atoms with Crippen LogP contribution in [-0.4, -0.2) is 45.4 Å². The van der Waals surface area contributed by atoms with Crippen molar-refractivity contribution >= 4 is 15.9 Å². The van der Waals surface area contributed by atoms with E-state index in [1.54, 1.807) is 24.3 Å². The second-order valence-electron chi connectivity index (χ2n) is 7.67. The third-order valence-corrected chi connectivity index (χ3v) is 6.64. The summed E-state index contributed by atoms with van der Waals surface area (Å²) in [5.74, 6) is 0.195. The molecule has 0 spiro atoms. The Labute approximate surface area is 173 Å². The quantitative estimate of drug-likeness (QED) is 0.694. The van der Waals surface area contributed by atoms with Gasteiger partial charge < -0.3 is 5.32 Å². The lowest BCUT2D eigenvalue weighted by molar-refractivity contribution is -0.122. The van der Waals surface area contributed by atoms with Crippen molar-refractivity contribution in [1.29, 1.82) is 0 Å². The number of aryl methyl sites for hydroxylation is 1. The number of hydrogen-bond acceptors (Lipinski definition) is 4. The molecular formula is C22H29N3O3S. The molecule has 0 saturated carbocycles. The maximum atomic E-state index is 12.5. The fourth-order valence-electron chi connectivity index (χ4n) is 3.55. The zero-order chi connectivity index (χ0) is 20.7. The normalized spacial score (nSPS) is 17.8. The van der Waals surface area contributed by atoms with Crippen molar-refractivity contribution in [3.05, 3.63) is 65.7 Å². The lowest BCUT2D eigenvalue weighted by Crippen LogP contribution is -2.45. The van der Waals surface area contributed by atoms with Crippen LogP contribution in [0, 0.1) is 12.8 Å². The molecule has 1 fully saturated rings. The number of benzene rings is 2. The molecule has 1 atom stereocenters. The summed E-state index contributed by atoms with van der Waals surface area (Å²) < 4.78 is 27.7. The minimum absolute atomic E-state index is 0.00487. The van der Waals surface area contributed by atoms with Gasteiger partial charge in [-0.05, 0) is 49.9 Å². The molecule has 1 amide bonds. The van der Waals surface area contributed by atoms with Crippen molar-refractivity contribution in [2.45, 2.75) is 31.2 Å². The van der Waals surface area contributed by atoms with E-state index < -0.39 is 10.0 Å². The van der Waals surface area contributed by atoms with Gasteiger partial charge in [-0.1, -0.05) is 48.0 Å². The molecule has 0 aliphatic carbocycles. The molecule has 7 heteroatoms. The fraction of sp³-hybridized carbons (Fsp3) is 0.409. The number of carbonyl (C=O) groups excluding carboxylic acids is 1. The Hall–Kier alpha value is -2.22. The Morgan fingerprint density at radius 2 is 1.83 bits per heavy atom. The smallest absolute Gasteiger partial charge is 0.240 e. The van der Waals surface area contributed by atoms with Crippen LogP contribution in [0.5, 0.6) is 0 Å². The van der Waals surface area contributed by atoms with Crippen LogP contribution in [-0.2, 0) is 21.4 Å². The number of piperidine rings is 1. The number of carbonyl (C=O) groups is 1. The molecule has 1 heterocycles. The van der Waals surface area contributed by atoms with Gasteiger partial charge in [-0.3, -0.25) is 9.69 Å². The summed E-state index contributed by atoms with van der Waals surface area (Å²) in [4.78, 5) is 14.7. The number of rotatable bonds is 8. The molecule has 29 heavy (non-hydrogen) atoms. The van der Waals surface area contributed by atoms with Crippen LogP contribution in [0.1, 0.15) is 24.0 Å². The molecule has 2 N–H and O–H groups in total. The average Bonchev–Trinajstić information content (AvgIpc) is 2.72. The van der Waals surface area contributed by atoms with Gasteiger partial charge >= 0.3 is 0 Å². The highest BCUT2D eigenvalue weighted by atomic mass is 32.2. The number of nitrogens with zero attached hydrogens (tertiary/aromatic N) is 1. The largest absolute Gasteiger partial charge is 0.351 e. The van der Waals surface area contributed by atoms with Crippen LogP contribution in [0.3, 0.4) is 0 Å². The molecule has 2 aromatic carbocycles. The van der Waals surface area contributed by atoms with Crippen LogP contribution >= 0.6 is 0 Å². The van der Waals surface area contributed by atoms with E-state index in [-0.39, 0.29) is 16.7 Å². The van der Waals surface area contributed by atoms with E-state index in [2.05, 4.69) is 14.9 Å². The molecule has 1 aliphatic heterocycles. The number of nitrogens with one attached hydrogen (secondary N) is 2. The van der Waals surface area contributed by atoms with E-state index in [1.165, 1.54) is 0 Å². The highest BCUT2D eigenvalue weighted by molar-refractivity contribution is 7.89. The molecule has 1 unspecified atom stereocenters. The predicted octanol–water partition coefficient (Wildman–Crippen LogP) is 2.30. The van der Waals surface area contributed by atoms with Crippen molar-refractivity contribution in [2.24, 2.45) is 5.92 Å².